The number of nitriles is 1. The lowest BCUT2D eigenvalue weighted by Crippen LogP contribution is -2.50. The van der Waals surface area contributed by atoms with Gasteiger partial charge in [-0.25, -0.2) is 4.98 Å². The lowest BCUT2D eigenvalue weighted by molar-refractivity contribution is -0.882. The molecule has 7 nitrogen and oxygen atoms in total. The molecule has 1 atom stereocenters. The van der Waals surface area contributed by atoms with Crippen molar-refractivity contribution in [1.29, 1.82) is 5.26 Å². The van der Waals surface area contributed by atoms with Gasteiger partial charge in [0.2, 0.25) is 0 Å². The normalized spacial score (nSPS) is 21.0. The van der Waals surface area contributed by atoms with E-state index in [0.717, 1.165) is 62.9 Å². The van der Waals surface area contributed by atoms with Crippen molar-refractivity contribution in [2.45, 2.75) is 25.3 Å². The highest BCUT2D eigenvalue weighted by atomic mass is 32.1. The van der Waals surface area contributed by atoms with E-state index in [4.69, 9.17) is 9.72 Å². The number of thiazole rings is 1. The Hall–Kier alpha value is -1.69. The Balaban J connectivity index is 1.51. The number of quaternary nitrogens is 1. The van der Waals surface area contributed by atoms with Gasteiger partial charge in [0.15, 0.2) is 11.7 Å². The van der Waals surface area contributed by atoms with Crippen LogP contribution in [-0.2, 0) is 16.0 Å². The van der Waals surface area contributed by atoms with Gasteiger partial charge >= 0.3 is 0 Å². The molecule has 0 radical (unpaired) electrons. The third kappa shape index (κ3) is 4.72. The van der Waals surface area contributed by atoms with Crippen LogP contribution in [0.2, 0.25) is 0 Å². The summed E-state index contributed by atoms with van der Waals surface area (Å²) in [6, 6.07) is 2.01. The van der Waals surface area contributed by atoms with Gasteiger partial charge in [-0.1, -0.05) is 0 Å². The van der Waals surface area contributed by atoms with Crippen LogP contribution in [0.15, 0.2) is 5.38 Å². The number of carbonyl (C=O) groups excluding carboxylic acids is 1. The molecule has 0 aliphatic carbocycles. The van der Waals surface area contributed by atoms with Crippen molar-refractivity contribution in [3.8, 4) is 6.07 Å². The van der Waals surface area contributed by atoms with E-state index in [-0.39, 0.29) is 11.9 Å². The van der Waals surface area contributed by atoms with Crippen LogP contribution in [-0.4, -0.2) is 86.3 Å². The third-order valence-corrected chi connectivity index (χ3v) is 6.03. The van der Waals surface area contributed by atoms with E-state index in [1.165, 1.54) is 0 Å². The standard InChI is InChI=1S/C18H28N5O2S/c1-23(2,13-17(24)22-6-3-4-16(22)12-19)9-5-15-14-26-18(20-15)21-7-10-25-11-8-21/h14,16H,3-11,13H2,1-2H3/q+1. The van der Waals surface area contributed by atoms with Crippen LogP contribution in [0.25, 0.3) is 0 Å². The maximum absolute atomic E-state index is 12.6. The molecule has 8 heteroatoms. The van der Waals surface area contributed by atoms with Crippen molar-refractivity contribution in [3.05, 3.63) is 11.1 Å². The molecule has 2 saturated heterocycles. The highest BCUT2D eigenvalue weighted by molar-refractivity contribution is 7.13. The lowest BCUT2D eigenvalue weighted by atomic mass is 10.2. The van der Waals surface area contributed by atoms with E-state index in [0.29, 0.717) is 17.6 Å². The molecule has 0 aromatic carbocycles. The van der Waals surface area contributed by atoms with Gasteiger partial charge in [0, 0.05) is 31.4 Å². The number of anilines is 1. The molecule has 1 aromatic rings. The minimum absolute atomic E-state index is 0.0892. The number of hydrogen-bond donors (Lipinski definition) is 0. The molecule has 0 saturated carbocycles. The summed E-state index contributed by atoms with van der Waals surface area (Å²) >= 11 is 1.69. The number of morpholine rings is 1. The predicted molar refractivity (Wildman–Crippen MR) is 101 cm³/mol. The number of carbonyl (C=O) groups is 1. The fraction of sp³-hybridized carbons (Fsp3) is 0.722. The van der Waals surface area contributed by atoms with E-state index in [1.807, 2.05) is 0 Å². The van der Waals surface area contributed by atoms with Crippen LogP contribution < -0.4 is 4.90 Å². The van der Waals surface area contributed by atoms with E-state index in [1.54, 1.807) is 16.2 Å². The summed E-state index contributed by atoms with van der Waals surface area (Å²) in [4.78, 5) is 21.4. The first-order valence-electron chi connectivity index (χ1n) is 9.27. The number of aromatic nitrogens is 1. The molecule has 2 aliphatic heterocycles. The van der Waals surface area contributed by atoms with Crippen LogP contribution in [0.5, 0.6) is 0 Å². The van der Waals surface area contributed by atoms with E-state index in [2.05, 4.69) is 30.4 Å². The first-order valence-corrected chi connectivity index (χ1v) is 10.1. The first-order chi connectivity index (χ1) is 12.5. The number of ether oxygens (including phenoxy) is 1. The summed E-state index contributed by atoms with van der Waals surface area (Å²) in [5.41, 5.74) is 1.09. The Kier molecular flexibility index (Phi) is 6.12. The van der Waals surface area contributed by atoms with Gasteiger partial charge in [0.1, 0.15) is 6.04 Å². The minimum Gasteiger partial charge on any atom is -0.378 e. The zero-order valence-electron chi connectivity index (χ0n) is 15.7. The minimum atomic E-state index is -0.239. The average molecular weight is 379 g/mol. The zero-order valence-corrected chi connectivity index (χ0v) is 16.5. The van der Waals surface area contributed by atoms with Gasteiger partial charge in [0.05, 0.1) is 45.6 Å². The summed E-state index contributed by atoms with van der Waals surface area (Å²) in [7, 11) is 4.15. The number of likely N-dealkylation sites (tertiary alicyclic amines) is 1. The lowest BCUT2D eigenvalue weighted by Gasteiger charge is -2.31. The number of rotatable bonds is 6. The van der Waals surface area contributed by atoms with Crippen molar-refractivity contribution >= 4 is 22.4 Å². The molecule has 26 heavy (non-hydrogen) atoms. The van der Waals surface area contributed by atoms with Crippen molar-refractivity contribution in [2.24, 2.45) is 0 Å². The summed E-state index contributed by atoms with van der Waals surface area (Å²) < 4.78 is 6.00. The summed E-state index contributed by atoms with van der Waals surface area (Å²) in [6.07, 6.45) is 2.59. The Morgan fingerprint density at radius 1 is 1.42 bits per heavy atom. The highest BCUT2D eigenvalue weighted by Gasteiger charge is 2.32. The molecular formula is C18H28N5O2S+. The Bertz CT molecular complexity index is 663. The maximum atomic E-state index is 12.6. The largest absolute Gasteiger partial charge is 0.378 e. The van der Waals surface area contributed by atoms with Crippen LogP contribution in [0, 0.1) is 11.3 Å². The topological polar surface area (TPSA) is 69.5 Å². The van der Waals surface area contributed by atoms with E-state index in [9.17, 15) is 10.1 Å². The SMILES string of the molecule is C[N+](C)(CCc1csc(N2CCOCC2)n1)CC(=O)N1CCCC1C#N. The van der Waals surface area contributed by atoms with Crippen LogP contribution >= 0.6 is 11.3 Å². The molecule has 3 rings (SSSR count). The summed E-state index contributed by atoms with van der Waals surface area (Å²) in [6.45, 7) is 5.33. The zero-order chi connectivity index (χ0) is 18.6. The van der Waals surface area contributed by atoms with Gasteiger partial charge < -0.3 is 19.0 Å². The highest BCUT2D eigenvalue weighted by Crippen LogP contribution is 2.22. The van der Waals surface area contributed by atoms with Crippen LogP contribution in [0.3, 0.4) is 0 Å². The predicted octanol–water partition coefficient (Wildman–Crippen LogP) is 1.11. The first kappa shape index (κ1) is 19.1. The number of nitrogens with zero attached hydrogens (tertiary/aromatic N) is 5. The molecular weight excluding hydrogens is 350 g/mol. The van der Waals surface area contributed by atoms with Gasteiger partial charge in [-0.15, -0.1) is 11.3 Å². The van der Waals surface area contributed by atoms with E-state index < -0.39 is 0 Å². The molecule has 2 fully saturated rings. The number of likely N-dealkylation sites (N-methyl/N-ethyl adjacent to an activating group) is 1. The molecule has 0 spiro atoms. The monoisotopic (exact) mass is 378 g/mol. The smallest absolute Gasteiger partial charge is 0.278 e. The molecule has 0 bridgehead atoms. The fourth-order valence-electron chi connectivity index (χ4n) is 3.46. The fourth-order valence-corrected chi connectivity index (χ4v) is 4.38. The third-order valence-electron chi connectivity index (χ3n) is 5.08. The number of amides is 1. The molecule has 1 aromatic heterocycles. The summed E-state index contributed by atoms with van der Waals surface area (Å²) in [5, 5.41) is 12.4. The second-order valence-corrected chi connectivity index (χ2v) is 8.50. The van der Waals surface area contributed by atoms with Gasteiger partial charge in [-0.3, -0.25) is 4.79 Å². The van der Waals surface area contributed by atoms with Crippen molar-refractivity contribution in [3.63, 3.8) is 0 Å². The summed E-state index contributed by atoms with van der Waals surface area (Å²) in [5.74, 6) is 0.0892. The Morgan fingerprint density at radius 3 is 2.92 bits per heavy atom. The molecule has 2 aliphatic rings. The van der Waals surface area contributed by atoms with Gasteiger partial charge in [-0.05, 0) is 12.8 Å². The quantitative estimate of drug-likeness (QED) is 0.694. The van der Waals surface area contributed by atoms with Crippen molar-refractivity contribution < 1.29 is 14.0 Å². The second-order valence-electron chi connectivity index (χ2n) is 7.66. The van der Waals surface area contributed by atoms with Gasteiger partial charge in [-0.2, -0.15) is 5.26 Å². The van der Waals surface area contributed by atoms with Crippen molar-refractivity contribution in [2.75, 3.05) is 64.9 Å². The average Bonchev–Trinajstić information content (AvgIpc) is 3.29. The molecule has 142 valence electrons. The molecule has 1 amide bonds. The van der Waals surface area contributed by atoms with Crippen LogP contribution in [0.1, 0.15) is 18.5 Å². The van der Waals surface area contributed by atoms with Crippen molar-refractivity contribution in [1.82, 2.24) is 9.88 Å². The maximum Gasteiger partial charge on any atom is 0.278 e. The molecule has 1 unspecified atom stereocenters. The van der Waals surface area contributed by atoms with Crippen LogP contribution in [0.4, 0.5) is 5.13 Å². The number of hydrogen-bond acceptors (Lipinski definition) is 6. The molecule has 0 N–H and O–H groups in total. The van der Waals surface area contributed by atoms with Gasteiger partial charge in [0.25, 0.3) is 5.91 Å². The van der Waals surface area contributed by atoms with E-state index >= 15 is 0 Å². The second kappa shape index (κ2) is 8.33. The molecule has 3 heterocycles. The Morgan fingerprint density at radius 2 is 2.19 bits per heavy atom. The Labute approximate surface area is 159 Å².